The Labute approximate surface area is 123 Å². The normalized spacial score (nSPS) is 12.7. The van der Waals surface area contributed by atoms with Gasteiger partial charge in [0.15, 0.2) is 0 Å². The molecule has 0 aliphatic heterocycles. The lowest BCUT2D eigenvalue weighted by Gasteiger charge is -2.17. The first-order valence-electron chi connectivity index (χ1n) is 6.74. The molecule has 2 rings (SSSR count). The zero-order chi connectivity index (χ0) is 14.7. The molecule has 2 aromatic rings. The summed E-state index contributed by atoms with van der Waals surface area (Å²) >= 11 is 6.30. The van der Waals surface area contributed by atoms with Crippen LogP contribution < -0.4 is 5.73 Å². The maximum absolute atomic E-state index is 13.9. The monoisotopic (exact) mass is 295 g/mol. The van der Waals surface area contributed by atoms with Gasteiger partial charge in [-0.2, -0.15) is 5.10 Å². The van der Waals surface area contributed by atoms with Crippen molar-refractivity contribution in [3.8, 4) is 0 Å². The average Bonchev–Trinajstić information content (AvgIpc) is 2.73. The predicted molar refractivity (Wildman–Crippen MR) is 79.5 cm³/mol. The van der Waals surface area contributed by atoms with Crippen molar-refractivity contribution in [3.63, 3.8) is 0 Å². The van der Waals surface area contributed by atoms with E-state index in [2.05, 4.69) is 5.10 Å². The molecule has 0 saturated carbocycles. The van der Waals surface area contributed by atoms with E-state index < -0.39 is 0 Å². The maximum atomic E-state index is 13.9. The van der Waals surface area contributed by atoms with E-state index >= 15 is 0 Å². The summed E-state index contributed by atoms with van der Waals surface area (Å²) in [6, 6.07) is 6.74. The Balaban J connectivity index is 2.34. The van der Waals surface area contributed by atoms with Gasteiger partial charge in [0.05, 0.1) is 16.4 Å². The first kappa shape index (κ1) is 15.0. The van der Waals surface area contributed by atoms with Crippen LogP contribution in [0.3, 0.4) is 0 Å². The highest BCUT2D eigenvalue weighted by Gasteiger charge is 2.20. The van der Waals surface area contributed by atoms with Gasteiger partial charge in [-0.1, -0.05) is 29.8 Å². The molecule has 3 nitrogen and oxygen atoms in total. The van der Waals surface area contributed by atoms with Crippen LogP contribution in [0.25, 0.3) is 0 Å². The van der Waals surface area contributed by atoms with Crippen LogP contribution in [0.4, 0.5) is 4.39 Å². The van der Waals surface area contributed by atoms with Crippen molar-refractivity contribution in [2.45, 2.75) is 32.7 Å². The third-order valence-corrected chi connectivity index (χ3v) is 4.01. The Morgan fingerprint density at radius 3 is 2.70 bits per heavy atom. The van der Waals surface area contributed by atoms with Gasteiger partial charge in [-0.15, -0.1) is 0 Å². The highest BCUT2D eigenvalue weighted by Crippen LogP contribution is 2.28. The Bertz CT molecular complexity index is 595. The average molecular weight is 296 g/mol. The standard InChI is InChI=1S/C15H19ClFN3/c1-3-20-14(15(16)10(2)19-20)8-11(9-18)12-6-4-5-7-13(12)17/h4-7,11H,3,8-9,18H2,1-2H3. The zero-order valence-electron chi connectivity index (χ0n) is 11.7. The summed E-state index contributed by atoms with van der Waals surface area (Å²) < 4.78 is 15.8. The van der Waals surface area contributed by atoms with Crippen LogP contribution in [0.5, 0.6) is 0 Å². The van der Waals surface area contributed by atoms with E-state index in [0.717, 1.165) is 17.9 Å². The third-order valence-electron chi connectivity index (χ3n) is 3.52. The first-order chi connectivity index (χ1) is 9.58. The van der Waals surface area contributed by atoms with E-state index in [9.17, 15) is 4.39 Å². The summed E-state index contributed by atoms with van der Waals surface area (Å²) in [7, 11) is 0. The largest absolute Gasteiger partial charge is 0.330 e. The molecule has 1 heterocycles. The molecule has 2 N–H and O–H groups in total. The summed E-state index contributed by atoms with van der Waals surface area (Å²) in [5.74, 6) is -0.326. The molecule has 20 heavy (non-hydrogen) atoms. The summed E-state index contributed by atoms with van der Waals surface area (Å²) in [6.45, 7) is 4.98. The molecule has 0 fully saturated rings. The van der Waals surface area contributed by atoms with E-state index in [4.69, 9.17) is 17.3 Å². The minimum Gasteiger partial charge on any atom is -0.330 e. The van der Waals surface area contributed by atoms with Crippen molar-refractivity contribution in [1.82, 2.24) is 9.78 Å². The third kappa shape index (κ3) is 2.86. The van der Waals surface area contributed by atoms with Gasteiger partial charge in [0, 0.05) is 12.5 Å². The van der Waals surface area contributed by atoms with Crippen LogP contribution in [-0.2, 0) is 13.0 Å². The lowest BCUT2D eigenvalue weighted by Crippen LogP contribution is -2.18. The topological polar surface area (TPSA) is 43.8 Å². The SMILES string of the molecule is CCn1nc(C)c(Cl)c1CC(CN)c1ccccc1F. The van der Waals surface area contributed by atoms with Gasteiger partial charge in [-0.05, 0) is 38.4 Å². The molecule has 5 heteroatoms. The van der Waals surface area contributed by atoms with Crippen LogP contribution in [0.2, 0.25) is 5.02 Å². The van der Waals surface area contributed by atoms with Crippen molar-refractivity contribution in [1.29, 1.82) is 0 Å². The smallest absolute Gasteiger partial charge is 0.126 e. The molecular formula is C15H19ClFN3. The number of nitrogens with zero attached hydrogens (tertiary/aromatic N) is 2. The fourth-order valence-electron chi connectivity index (χ4n) is 2.42. The van der Waals surface area contributed by atoms with Gasteiger partial charge >= 0.3 is 0 Å². The quantitative estimate of drug-likeness (QED) is 0.920. The Kier molecular flexibility index (Phi) is 4.78. The maximum Gasteiger partial charge on any atom is 0.126 e. The molecule has 1 aromatic heterocycles. The van der Waals surface area contributed by atoms with E-state index in [1.807, 2.05) is 24.6 Å². The fraction of sp³-hybridized carbons (Fsp3) is 0.400. The molecule has 0 spiro atoms. The number of aryl methyl sites for hydroxylation is 2. The molecule has 0 aliphatic rings. The molecule has 0 amide bonds. The lowest BCUT2D eigenvalue weighted by molar-refractivity contribution is 0.551. The molecule has 0 aliphatic carbocycles. The van der Waals surface area contributed by atoms with Crippen molar-refractivity contribution in [2.75, 3.05) is 6.54 Å². The number of hydrogen-bond donors (Lipinski definition) is 1. The number of nitrogens with two attached hydrogens (primary N) is 1. The van der Waals surface area contributed by atoms with Crippen molar-refractivity contribution >= 4 is 11.6 Å². The Morgan fingerprint density at radius 1 is 1.40 bits per heavy atom. The van der Waals surface area contributed by atoms with Crippen molar-refractivity contribution in [2.24, 2.45) is 5.73 Å². The van der Waals surface area contributed by atoms with Crippen LogP contribution >= 0.6 is 11.6 Å². The second kappa shape index (κ2) is 6.37. The second-order valence-electron chi connectivity index (χ2n) is 4.82. The highest BCUT2D eigenvalue weighted by molar-refractivity contribution is 6.31. The fourth-order valence-corrected chi connectivity index (χ4v) is 2.64. The Morgan fingerprint density at radius 2 is 2.10 bits per heavy atom. The van der Waals surface area contributed by atoms with Crippen LogP contribution in [-0.4, -0.2) is 16.3 Å². The minimum atomic E-state index is -0.224. The zero-order valence-corrected chi connectivity index (χ0v) is 12.5. The number of benzene rings is 1. The van der Waals surface area contributed by atoms with Gasteiger partial charge in [0.1, 0.15) is 5.82 Å². The molecule has 108 valence electrons. The second-order valence-corrected chi connectivity index (χ2v) is 5.20. The van der Waals surface area contributed by atoms with Gasteiger partial charge in [0.25, 0.3) is 0 Å². The number of halogens is 2. The van der Waals surface area contributed by atoms with E-state index in [1.54, 1.807) is 12.1 Å². The van der Waals surface area contributed by atoms with Gasteiger partial charge in [-0.3, -0.25) is 4.68 Å². The molecular weight excluding hydrogens is 277 g/mol. The molecule has 0 bridgehead atoms. The molecule has 1 aromatic carbocycles. The summed E-state index contributed by atoms with van der Waals surface area (Å²) in [5.41, 5.74) is 8.18. The van der Waals surface area contributed by atoms with E-state index in [0.29, 0.717) is 23.6 Å². The first-order valence-corrected chi connectivity index (χ1v) is 7.12. The van der Waals surface area contributed by atoms with Crippen molar-refractivity contribution in [3.05, 3.63) is 52.1 Å². The summed E-state index contributed by atoms with van der Waals surface area (Å²) in [4.78, 5) is 0. The number of aromatic nitrogens is 2. The predicted octanol–water partition coefficient (Wildman–Crippen LogP) is 3.29. The van der Waals surface area contributed by atoms with Gasteiger partial charge in [0.2, 0.25) is 0 Å². The lowest BCUT2D eigenvalue weighted by atomic mass is 9.93. The molecule has 1 atom stereocenters. The van der Waals surface area contributed by atoms with Crippen LogP contribution in [0, 0.1) is 12.7 Å². The summed E-state index contributed by atoms with van der Waals surface area (Å²) in [6.07, 6.45) is 0.588. The molecule has 1 unspecified atom stereocenters. The molecule has 0 radical (unpaired) electrons. The van der Waals surface area contributed by atoms with Gasteiger partial charge < -0.3 is 5.73 Å². The number of rotatable bonds is 5. The van der Waals surface area contributed by atoms with Gasteiger partial charge in [-0.25, -0.2) is 4.39 Å². The minimum absolute atomic E-state index is 0.102. The number of hydrogen-bond acceptors (Lipinski definition) is 2. The summed E-state index contributed by atoms with van der Waals surface area (Å²) in [5, 5.41) is 5.04. The Hall–Kier alpha value is -1.39. The van der Waals surface area contributed by atoms with Crippen LogP contribution in [0.15, 0.2) is 24.3 Å². The highest BCUT2D eigenvalue weighted by atomic mass is 35.5. The van der Waals surface area contributed by atoms with Crippen LogP contribution in [0.1, 0.15) is 29.8 Å². The van der Waals surface area contributed by atoms with E-state index in [1.165, 1.54) is 6.07 Å². The van der Waals surface area contributed by atoms with Crippen molar-refractivity contribution < 1.29 is 4.39 Å². The van der Waals surface area contributed by atoms with E-state index in [-0.39, 0.29) is 11.7 Å². The molecule has 0 saturated heterocycles.